The monoisotopic (exact) mass is 424 g/mol. The molecule has 0 amide bonds. The molecule has 3 aromatic carbocycles. The number of aldehydes is 1. The van der Waals surface area contributed by atoms with Gasteiger partial charge in [0.2, 0.25) is 5.95 Å². The number of carbonyl (C=O) groups excluding carboxylic acids is 1. The van der Waals surface area contributed by atoms with Crippen LogP contribution in [0.4, 0.5) is 11.6 Å². The van der Waals surface area contributed by atoms with Gasteiger partial charge in [-0.2, -0.15) is 0 Å². The minimum Gasteiger partial charge on any atom is -0.379 e. The number of hydrogen-bond donors (Lipinski definition) is 1. The molecule has 0 radical (unpaired) electrons. The molecular formula is C26H24N4O2. The van der Waals surface area contributed by atoms with Crippen molar-refractivity contribution in [1.29, 1.82) is 0 Å². The summed E-state index contributed by atoms with van der Waals surface area (Å²) >= 11 is 0. The van der Waals surface area contributed by atoms with Crippen molar-refractivity contribution in [3.63, 3.8) is 0 Å². The first-order valence-corrected chi connectivity index (χ1v) is 10.8. The number of carbonyl (C=O) groups is 1. The molecule has 1 aromatic heterocycles. The SMILES string of the molecule is O=Cc1ccc(-c2cccc3cnc(Nc4cccc(CN5CCOCC5)c4)nc23)cc1. The van der Waals surface area contributed by atoms with Gasteiger partial charge in [0.25, 0.3) is 0 Å². The maximum atomic E-state index is 11.0. The molecule has 1 aliphatic heterocycles. The smallest absolute Gasteiger partial charge is 0.227 e. The highest BCUT2D eigenvalue weighted by Gasteiger charge is 2.11. The Bertz CT molecular complexity index is 1230. The fraction of sp³-hybridized carbons (Fsp3) is 0.192. The van der Waals surface area contributed by atoms with Gasteiger partial charge in [0.1, 0.15) is 6.29 Å². The molecule has 160 valence electrons. The zero-order chi connectivity index (χ0) is 21.8. The van der Waals surface area contributed by atoms with Gasteiger partial charge in [0, 0.05) is 48.0 Å². The van der Waals surface area contributed by atoms with Gasteiger partial charge < -0.3 is 10.1 Å². The van der Waals surface area contributed by atoms with Crippen LogP contribution in [-0.2, 0) is 11.3 Å². The van der Waals surface area contributed by atoms with Crippen LogP contribution in [0.5, 0.6) is 0 Å². The van der Waals surface area contributed by atoms with E-state index in [4.69, 9.17) is 9.72 Å². The maximum absolute atomic E-state index is 11.0. The summed E-state index contributed by atoms with van der Waals surface area (Å²) in [6.45, 7) is 4.41. The normalized spacial score (nSPS) is 14.4. The quantitative estimate of drug-likeness (QED) is 0.453. The van der Waals surface area contributed by atoms with Crippen LogP contribution < -0.4 is 5.32 Å². The van der Waals surface area contributed by atoms with Gasteiger partial charge in [0.15, 0.2) is 0 Å². The summed E-state index contributed by atoms with van der Waals surface area (Å²) in [5.74, 6) is 0.554. The molecule has 1 aliphatic rings. The second-order valence-electron chi connectivity index (χ2n) is 7.89. The molecule has 0 unspecified atom stereocenters. The van der Waals surface area contributed by atoms with Crippen molar-refractivity contribution in [1.82, 2.24) is 14.9 Å². The first-order valence-electron chi connectivity index (χ1n) is 10.8. The van der Waals surface area contributed by atoms with Crippen LogP contribution in [0.15, 0.2) is 72.9 Å². The van der Waals surface area contributed by atoms with Crippen LogP contribution in [0.2, 0.25) is 0 Å². The molecule has 0 spiro atoms. The lowest BCUT2D eigenvalue weighted by Crippen LogP contribution is -2.35. The van der Waals surface area contributed by atoms with Crippen LogP contribution in [0.25, 0.3) is 22.0 Å². The van der Waals surface area contributed by atoms with Crippen molar-refractivity contribution in [2.45, 2.75) is 6.54 Å². The summed E-state index contributed by atoms with van der Waals surface area (Å²) in [6.07, 6.45) is 2.69. The van der Waals surface area contributed by atoms with Gasteiger partial charge in [-0.25, -0.2) is 9.97 Å². The topological polar surface area (TPSA) is 67.4 Å². The van der Waals surface area contributed by atoms with Gasteiger partial charge in [-0.3, -0.25) is 9.69 Å². The highest BCUT2D eigenvalue weighted by Crippen LogP contribution is 2.28. The summed E-state index contributed by atoms with van der Waals surface area (Å²) in [5.41, 5.74) is 5.75. The van der Waals surface area contributed by atoms with Gasteiger partial charge >= 0.3 is 0 Å². The summed E-state index contributed by atoms with van der Waals surface area (Å²) in [7, 11) is 0. The number of anilines is 2. The Morgan fingerprint density at radius 2 is 1.81 bits per heavy atom. The molecule has 0 bridgehead atoms. The number of nitrogens with zero attached hydrogens (tertiary/aromatic N) is 3. The Morgan fingerprint density at radius 3 is 2.62 bits per heavy atom. The predicted octanol–water partition coefficient (Wildman–Crippen LogP) is 4.69. The van der Waals surface area contributed by atoms with E-state index in [1.54, 1.807) is 0 Å². The molecule has 5 rings (SSSR count). The van der Waals surface area contributed by atoms with E-state index in [0.29, 0.717) is 11.5 Å². The zero-order valence-corrected chi connectivity index (χ0v) is 17.7. The molecule has 6 heteroatoms. The van der Waals surface area contributed by atoms with Crippen molar-refractivity contribution >= 4 is 28.8 Å². The standard InChI is InChI=1S/C26H24N4O2/c31-18-19-7-9-21(10-8-19)24-6-2-4-22-16-27-26(29-25(22)24)28-23-5-1-3-20(15-23)17-30-11-13-32-14-12-30/h1-10,15-16,18H,11-14,17H2,(H,27,28,29). The molecule has 32 heavy (non-hydrogen) atoms. The molecule has 6 nitrogen and oxygen atoms in total. The number of fused-ring (bicyclic) bond motifs is 1. The number of para-hydroxylation sites is 1. The van der Waals surface area contributed by atoms with E-state index < -0.39 is 0 Å². The fourth-order valence-electron chi connectivity index (χ4n) is 3.98. The van der Waals surface area contributed by atoms with Gasteiger partial charge in [0.05, 0.1) is 18.7 Å². The van der Waals surface area contributed by atoms with E-state index in [0.717, 1.165) is 66.9 Å². The first-order chi connectivity index (χ1) is 15.8. The van der Waals surface area contributed by atoms with E-state index in [2.05, 4.69) is 33.4 Å². The van der Waals surface area contributed by atoms with Crippen molar-refractivity contribution in [3.8, 4) is 11.1 Å². The third-order valence-corrected chi connectivity index (χ3v) is 5.66. The molecule has 1 fully saturated rings. The van der Waals surface area contributed by atoms with Crippen molar-refractivity contribution in [2.75, 3.05) is 31.6 Å². The van der Waals surface area contributed by atoms with Crippen LogP contribution in [0.3, 0.4) is 0 Å². The Morgan fingerprint density at radius 1 is 1.00 bits per heavy atom. The number of hydrogen-bond acceptors (Lipinski definition) is 6. The minimum absolute atomic E-state index is 0.554. The van der Waals surface area contributed by atoms with E-state index in [-0.39, 0.29) is 0 Å². The Kier molecular flexibility index (Phi) is 5.87. The van der Waals surface area contributed by atoms with Gasteiger partial charge in [-0.1, -0.05) is 54.6 Å². The van der Waals surface area contributed by atoms with E-state index >= 15 is 0 Å². The predicted molar refractivity (Wildman–Crippen MR) is 126 cm³/mol. The highest BCUT2D eigenvalue weighted by molar-refractivity contribution is 5.94. The number of morpholine rings is 1. The summed E-state index contributed by atoms with van der Waals surface area (Å²) in [6, 6.07) is 21.9. The first kappa shape index (κ1) is 20.3. The molecule has 0 saturated carbocycles. The lowest BCUT2D eigenvalue weighted by atomic mass is 10.0. The molecule has 1 N–H and O–H groups in total. The molecule has 4 aromatic rings. The molecule has 0 aliphatic carbocycles. The molecular weight excluding hydrogens is 400 g/mol. The fourth-order valence-corrected chi connectivity index (χ4v) is 3.98. The van der Waals surface area contributed by atoms with Crippen LogP contribution >= 0.6 is 0 Å². The third-order valence-electron chi connectivity index (χ3n) is 5.66. The van der Waals surface area contributed by atoms with Gasteiger partial charge in [-0.15, -0.1) is 0 Å². The minimum atomic E-state index is 0.554. The second kappa shape index (κ2) is 9.26. The molecule has 2 heterocycles. The number of aromatic nitrogens is 2. The molecule has 0 atom stereocenters. The number of ether oxygens (including phenoxy) is 1. The summed E-state index contributed by atoms with van der Waals surface area (Å²) < 4.78 is 5.44. The Hall–Kier alpha value is -3.61. The van der Waals surface area contributed by atoms with E-state index in [1.165, 1.54) is 5.56 Å². The number of rotatable bonds is 6. The Labute approximate surface area is 186 Å². The largest absolute Gasteiger partial charge is 0.379 e. The third kappa shape index (κ3) is 4.51. The second-order valence-corrected chi connectivity index (χ2v) is 7.89. The van der Waals surface area contributed by atoms with Crippen LogP contribution in [-0.4, -0.2) is 47.5 Å². The number of nitrogens with one attached hydrogen (secondary N) is 1. The summed E-state index contributed by atoms with van der Waals surface area (Å²) in [4.78, 5) is 22.7. The highest BCUT2D eigenvalue weighted by atomic mass is 16.5. The van der Waals surface area contributed by atoms with Crippen molar-refractivity contribution < 1.29 is 9.53 Å². The number of benzene rings is 3. The lowest BCUT2D eigenvalue weighted by molar-refractivity contribution is 0.0342. The maximum Gasteiger partial charge on any atom is 0.227 e. The Balaban J connectivity index is 1.41. The van der Waals surface area contributed by atoms with Gasteiger partial charge in [-0.05, 0) is 23.3 Å². The molecule has 1 saturated heterocycles. The van der Waals surface area contributed by atoms with Crippen molar-refractivity contribution in [2.24, 2.45) is 0 Å². The van der Waals surface area contributed by atoms with Crippen LogP contribution in [0, 0.1) is 0 Å². The average Bonchev–Trinajstić information content (AvgIpc) is 2.85. The average molecular weight is 425 g/mol. The van der Waals surface area contributed by atoms with E-state index in [9.17, 15) is 4.79 Å². The lowest BCUT2D eigenvalue weighted by Gasteiger charge is -2.26. The van der Waals surface area contributed by atoms with Crippen LogP contribution in [0.1, 0.15) is 15.9 Å². The van der Waals surface area contributed by atoms with E-state index in [1.807, 2.05) is 54.7 Å². The summed E-state index contributed by atoms with van der Waals surface area (Å²) in [5, 5.41) is 4.33. The zero-order valence-electron chi connectivity index (χ0n) is 17.7. The van der Waals surface area contributed by atoms with Crippen molar-refractivity contribution in [3.05, 3.63) is 84.1 Å².